The molecule has 0 atom stereocenters. The van der Waals surface area contributed by atoms with Gasteiger partial charge in [0.15, 0.2) is 16.8 Å². The molecule has 136 valence electrons. The maximum atomic E-state index is 13.2. The minimum absolute atomic E-state index is 0.118. The summed E-state index contributed by atoms with van der Waals surface area (Å²) in [5.41, 5.74) is 2.85. The fraction of sp³-hybridized carbons (Fsp3) is 0.0526. The molecule has 0 spiro atoms. The normalized spacial score (nSPS) is 11.3. The lowest BCUT2D eigenvalue weighted by Crippen LogP contribution is -2.23. The van der Waals surface area contributed by atoms with Crippen molar-refractivity contribution < 1.29 is 4.39 Å². The molecule has 0 N–H and O–H groups in total. The van der Waals surface area contributed by atoms with Crippen molar-refractivity contribution in [2.45, 2.75) is 6.54 Å². The first-order chi connectivity index (χ1) is 13.7. The van der Waals surface area contributed by atoms with Crippen molar-refractivity contribution in [3.05, 3.63) is 83.1 Å². The highest BCUT2D eigenvalue weighted by molar-refractivity contribution is 5.80. The van der Waals surface area contributed by atoms with Crippen molar-refractivity contribution in [2.24, 2.45) is 0 Å². The molecule has 8 nitrogen and oxygen atoms in total. The largest absolute Gasteiger partial charge is 0.293 e. The SMILES string of the molecule is O=c1c2nnc3c(-c4ccc(F)cc4)cnn3c2ncn1Cc1cccnc1. The molecule has 0 amide bonds. The molecule has 0 fully saturated rings. The Morgan fingerprint density at radius 3 is 2.64 bits per heavy atom. The van der Waals surface area contributed by atoms with E-state index < -0.39 is 0 Å². The predicted octanol–water partition coefficient (Wildman–Crippen LogP) is 2.08. The van der Waals surface area contributed by atoms with Gasteiger partial charge in [0.1, 0.15) is 12.1 Å². The number of halogens is 1. The maximum absolute atomic E-state index is 13.2. The zero-order valence-electron chi connectivity index (χ0n) is 14.4. The molecule has 28 heavy (non-hydrogen) atoms. The van der Waals surface area contributed by atoms with Crippen LogP contribution in [0.25, 0.3) is 27.9 Å². The average Bonchev–Trinajstić information content (AvgIpc) is 3.16. The summed E-state index contributed by atoms with van der Waals surface area (Å²) in [6.07, 6.45) is 6.41. The molecule has 1 aromatic carbocycles. The van der Waals surface area contributed by atoms with Crippen LogP contribution in [0.5, 0.6) is 0 Å². The third-order valence-corrected chi connectivity index (χ3v) is 4.41. The van der Waals surface area contributed by atoms with E-state index in [4.69, 9.17) is 0 Å². The summed E-state index contributed by atoms with van der Waals surface area (Å²) in [4.78, 5) is 21.2. The van der Waals surface area contributed by atoms with E-state index in [0.717, 1.165) is 11.1 Å². The lowest BCUT2D eigenvalue weighted by atomic mass is 10.1. The maximum Gasteiger partial charge on any atom is 0.283 e. The van der Waals surface area contributed by atoms with Crippen molar-refractivity contribution in [1.29, 1.82) is 0 Å². The van der Waals surface area contributed by atoms with Crippen LogP contribution in [0.3, 0.4) is 0 Å². The van der Waals surface area contributed by atoms with Gasteiger partial charge >= 0.3 is 0 Å². The molecule has 5 rings (SSSR count). The van der Waals surface area contributed by atoms with Gasteiger partial charge in [-0.25, -0.2) is 9.37 Å². The van der Waals surface area contributed by atoms with E-state index in [1.54, 1.807) is 36.8 Å². The molecule has 5 aromatic rings. The van der Waals surface area contributed by atoms with Crippen LogP contribution in [0, 0.1) is 5.82 Å². The highest BCUT2D eigenvalue weighted by Gasteiger charge is 2.15. The van der Waals surface area contributed by atoms with Crippen LogP contribution in [0.2, 0.25) is 0 Å². The second-order valence-electron chi connectivity index (χ2n) is 6.21. The zero-order valence-corrected chi connectivity index (χ0v) is 14.4. The number of hydrogen-bond donors (Lipinski definition) is 0. The fourth-order valence-corrected chi connectivity index (χ4v) is 3.04. The standard InChI is InChI=1S/C19H12FN7O/c20-14-5-3-13(4-6-14)15-9-23-27-17(15)25-24-16-18(27)22-11-26(19(16)28)10-12-2-1-7-21-8-12/h1-9,11H,10H2. The van der Waals surface area contributed by atoms with Gasteiger partial charge < -0.3 is 0 Å². The topological polar surface area (TPSA) is 90.9 Å². The Morgan fingerprint density at radius 2 is 1.86 bits per heavy atom. The van der Waals surface area contributed by atoms with Gasteiger partial charge in [0.05, 0.1) is 12.7 Å². The number of pyridine rings is 1. The number of hydrogen-bond acceptors (Lipinski definition) is 6. The summed E-state index contributed by atoms with van der Waals surface area (Å²) < 4.78 is 16.1. The summed E-state index contributed by atoms with van der Waals surface area (Å²) in [6, 6.07) is 9.68. The Morgan fingerprint density at radius 1 is 1.00 bits per heavy atom. The Balaban J connectivity index is 1.64. The second kappa shape index (κ2) is 6.31. The lowest BCUT2D eigenvalue weighted by Gasteiger charge is -2.06. The van der Waals surface area contributed by atoms with E-state index in [-0.39, 0.29) is 16.9 Å². The molecule has 0 aliphatic heterocycles. The third kappa shape index (κ3) is 2.60. The smallest absolute Gasteiger partial charge is 0.283 e. The summed E-state index contributed by atoms with van der Waals surface area (Å²) in [5.74, 6) is -0.326. The van der Waals surface area contributed by atoms with Gasteiger partial charge in [-0.1, -0.05) is 18.2 Å². The molecule has 0 unspecified atom stereocenters. The molecule has 0 bridgehead atoms. The monoisotopic (exact) mass is 373 g/mol. The molecule has 9 heteroatoms. The Bertz CT molecular complexity index is 1360. The Hall–Kier alpha value is -4.01. The van der Waals surface area contributed by atoms with E-state index in [1.165, 1.54) is 27.5 Å². The van der Waals surface area contributed by atoms with E-state index in [2.05, 4.69) is 25.3 Å². The molecular formula is C19H12FN7O. The highest BCUT2D eigenvalue weighted by Crippen LogP contribution is 2.24. The highest BCUT2D eigenvalue weighted by atomic mass is 19.1. The van der Waals surface area contributed by atoms with Crippen LogP contribution < -0.4 is 5.56 Å². The molecule has 0 saturated heterocycles. The summed E-state index contributed by atoms with van der Waals surface area (Å²) in [5, 5.41) is 12.6. The van der Waals surface area contributed by atoms with E-state index >= 15 is 0 Å². The van der Waals surface area contributed by atoms with Crippen molar-refractivity contribution in [3.8, 4) is 11.1 Å². The summed E-state index contributed by atoms with van der Waals surface area (Å²) >= 11 is 0. The fourth-order valence-electron chi connectivity index (χ4n) is 3.04. The number of rotatable bonds is 3. The van der Waals surface area contributed by atoms with Gasteiger partial charge in [-0.2, -0.15) is 9.61 Å². The van der Waals surface area contributed by atoms with Crippen molar-refractivity contribution in [2.75, 3.05) is 0 Å². The Labute approximate surface area is 157 Å². The van der Waals surface area contributed by atoms with Crippen LogP contribution in [0.15, 0.2) is 66.1 Å². The van der Waals surface area contributed by atoms with Crippen molar-refractivity contribution in [1.82, 2.24) is 34.3 Å². The molecule has 0 aliphatic rings. The molecule has 4 aromatic heterocycles. The van der Waals surface area contributed by atoms with Gasteiger partial charge in [0.25, 0.3) is 5.56 Å². The van der Waals surface area contributed by atoms with Gasteiger partial charge in [-0.15, -0.1) is 10.2 Å². The van der Waals surface area contributed by atoms with Gasteiger partial charge in [-0.05, 0) is 29.3 Å². The zero-order chi connectivity index (χ0) is 19.1. The number of nitrogens with zero attached hydrogens (tertiary/aromatic N) is 7. The van der Waals surface area contributed by atoms with Gasteiger partial charge in [0.2, 0.25) is 0 Å². The lowest BCUT2D eigenvalue weighted by molar-refractivity contribution is 0.628. The van der Waals surface area contributed by atoms with Crippen LogP contribution >= 0.6 is 0 Å². The first kappa shape index (κ1) is 16.2. The Kier molecular flexibility index (Phi) is 3.64. The summed E-state index contributed by atoms with van der Waals surface area (Å²) in [6.45, 7) is 0.329. The van der Waals surface area contributed by atoms with Crippen molar-refractivity contribution >= 4 is 16.8 Å². The van der Waals surface area contributed by atoms with Gasteiger partial charge in [0, 0.05) is 18.0 Å². The first-order valence-electron chi connectivity index (χ1n) is 8.45. The van der Waals surface area contributed by atoms with Crippen LogP contribution in [-0.2, 0) is 6.54 Å². The van der Waals surface area contributed by atoms with Crippen LogP contribution in [0.4, 0.5) is 4.39 Å². The van der Waals surface area contributed by atoms with Crippen LogP contribution in [-0.4, -0.2) is 34.3 Å². The van der Waals surface area contributed by atoms with E-state index in [9.17, 15) is 9.18 Å². The average molecular weight is 373 g/mol. The van der Waals surface area contributed by atoms with Crippen molar-refractivity contribution in [3.63, 3.8) is 0 Å². The minimum Gasteiger partial charge on any atom is -0.293 e. The molecule has 0 saturated carbocycles. The number of fused-ring (bicyclic) bond motifs is 3. The van der Waals surface area contributed by atoms with E-state index in [0.29, 0.717) is 23.4 Å². The summed E-state index contributed by atoms with van der Waals surface area (Å²) in [7, 11) is 0. The minimum atomic E-state index is -0.326. The predicted molar refractivity (Wildman–Crippen MR) is 99.1 cm³/mol. The van der Waals surface area contributed by atoms with Crippen LogP contribution in [0.1, 0.15) is 5.56 Å². The third-order valence-electron chi connectivity index (χ3n) is 4.41. The molecular weight excluding hydrogens is 361 g/mol. The van der Waals surface area contributed by atoms with Gasteiger partial charge in [-0.3, -0.25) is 14.3 Å². The quantitative estimate of drug-likeness (QED) is 0.481. The number of aromatic nitrogens is 7. The molecule has 0 radical (unpaired) electrons. The first-order valence-corrected chi connectivity index (χ1v) is 8.45. The molecule has 0 aliphatic carbocycles. The molecule has 4 heterocycles. The number of benzene rings is 1. The second-order valence-corrected chi connectivity index (χ2v) is 6.21. The van der Waals surface area contributed by atoms with E-state index in [1.807, 2.05) is 6.07 Å².